The van der Waals surface area contributed by atoms with Crippen molar-refractivity contribution >= 4 is 5.91 Å². The van der Waals surface area contributed by atoms with Crippen LogP contribution in [0.1, 0.15) is 67.9 Å². The summed E-state index contributed by atoms with van der Waals surface area (Å²) in [7, 11) is 1.92. The van der Waals surface area contributed by atoms with Crippen molar-refractivity contribution in [1.29, 1.82) is 0 Å². The number of carbonyl (C=O) groups excluding carboxylic acids is 1. The van der Waals surface area contributed by atoms with Crippen LogP contribution in [0.25, 0.3) is 0 Å². The van der Waals surface area contributed by atoms with Crippen molar-refractivity contribution in [1.82, 2.24) is 25.2 Å². The van der Waals surface area contributed by atoms with Crippen LogP contribution in [0.4, 0.5) is 0 Å². The molecule has 3 rings (SSSR count). The summed E-state index contributed by atoms with van der Waals surface area (Å²) in [6.45, 7) is 2.02. The second kappa shape index (κ2) is 7.22. The molecule has 2 aliphatic rings. The number of hydrogen-bond acceptors (Lipinski definition) is 4. The molecule has 2 fully saturated rings. The monoisotopic (exact) mass is 305 g/mol. The molecule has 1 saturated heterocycles. The maximum atomic E-state index is 12.7. The quantitative estimate of drug-likeness (QED) is 0.868. The maximum Gasteiger partial charge on any atom is 0.276 e. The van der Waals surface area contributed by atoms with Gasteiger partial charge in [0.15, 0.2) is 5.69 Å². The largest absolute Gasteiger partial charge is 0.337 e. The first-order valence-electron chi connectivity index (χ1n) is 8.65. The third-order valence-corrected chi connectivity index (χ3v) is 5.10. The highest BCUT2D eigenvalue weighted by molar-refractivity contribution is 5.91. The highest BCUT2D eigenvalue weighted by atomic mass is 16.2. The average Bonchev–Trinajstić information content (AvgIpc) is 2.90. The lowest BCUT2D eigenvalue weighted by Gasteiger charge is -2.26. The second-order valence-electron chi connectivity index (χ2n) is 6.63. The van der Waals surface area contributed by atoms with Crippen molar-refractivity contribution in [2.24, 2.45) is 0 Å². The van der Waals surface area contributed by atoms with E-state index in [-0.39, 0.29) is 5.91 Å². The van der Waals surface area contributed by atoms with E-state index in [0.717, 1.165) is 38.8 Å². The fourth-order valence-electron chi connectivity index (χ4n) is 3.62. The minimum absolute atomic E-state index is 0.0204. The Bertz CT molecular complexity index is 486. The molecule has 0 atom stereocenters. The molecule has 1 saturated carbocycles. The Hall–Kier alpha value is -1.43. The van der Waals surface area contributed by atoms with Crippen LogP contribution in [0.2, 0.25) is 0 Å². The van der Waals surface area contributed by atoms with E-state index in [1.807, 2.05) is 22.8 Å². The van der Waals surface area contributed by atoms with Gasteiger partial charge < -0.3 is 10.2 Å². The Labute approximate surface area is 132 Å². The lowest BCUT2D eigenvalue weighted by molar-refractivity contribution is 0.0711. The van der Waals surface area contributed by atoms with E-state index < -0.39 is 0 Å². The summed E-state index contributed by atoms with van der Waals surface area (Å²) in [6.07, 6.45) is 11.2. The third-order valence-electron chi connectivity index (χ3n) is 5.10. The van der Waals surface area contributed by atoms with Crippen LogP contribution < -0.4 is 5.32 Å². The minimum atomic E-state index is 0.0204. The Morgan fingerprint density at radius 2 is 1.86 bits per heavy atom. The molecule has 0 unspecified atom stereocenters. The molecule has 2 heterocycles. The summed E-state index contributed by atoms with van der Waals surface area (Å²) in [5.41, 5.74) is 0.491. The predicted molar refractivity (Wildman–Crippen MR) is 84.7 cm³/mol. The van der Waals surface area contributed by atoms with Gasteiger partial charge in [-0.3, -0.25) is 4.79 Å². The van der Waals surface area contributed by atoms with E-state index in [9.17, 15) is 4.79 Å². The fourth-order valence-corrected chi connectivity index (χ4v) is 3.62. The van der Waals surface area contributed by atoms with Crippen LogP contribution in [0, 0.1) is 0 Å². The molecule has 0 bridgehead atoms. The first-order chi connectivity index (χ1) is 10.8. The van der Waals surface area contributed by atoms with Crippen LogP contribution in [0.15, 0.2) is 6.20 Å². The van der Waals surface area contributed by atoms with Crippen molar-refractivity contribution in [2.45, 2.75) is 63.5 Å². The van der Waals surface area contributed by atoms with Crippen molar-refractivity contribution in [3.05, 3.63) is 11.9 Å². The predicted octanol–water partition coefficient (Wildman–Crippen LogP) is 2.00. The van der Waals surface area contributed by atoms with Crippen molar-refractivity contribution < 1.29 is 4.79 Å². The van der Waals surface area contributed by atoms with E-state index in [4.69, 9.17) is 0 Å². The van der Waals surface area contributed by atoms with E-state index in [1.165, 1.54) is 25.7 Å². The van der Waals surface area contributed by atoms with E-state index in [0.29, 0.717) is 17.8 Å². The molecule has 1 aromatic rings. The molecule has 1 aromatic heterocycles. The highest BCUT2D eigenvalue weighted by Gasteiger charge is 2.25. The molecule has 0 spiro atoms. The lowest BCUT2D eigenvalue weighted by atomic mass is 10.1. The van der Waals surface area contributed by atoms with Gasteiger partial charge in [-0.25, -0.2) is 4.68 Å². The van der Waals surface area contributed by atoms with Crippen LogP contribution in [0.5, 0.6) is 0 Å². The van der Waals surface area contributed by atoms with Gasteiger partial charge in [0, 0.05) is 13.1 Å². The third kappa shape index (κ3) is 3.48. The summed E-state index contributed by atoms with van der Waals surface area (Å²) in [6, 6.07) is 0.734. The van der Waals surface area contributed by atoms with E-state index in [1.54, 1.807) is 0 Å². The van der Waals surface area contributed by atoms with E-state index >= 15 is 0 Å². The molecule has 1 N–H and O–H groups in total. The van der Waals surface area contributed by atoms with Crippen molar-refractivity contribution in [2.75, 3.05) is 20.1 Å². The van der Waals surface area contributed by atoms with E-state index in [2.05, 4.69) is 15.6 Å². The average molecular weight is 305 g/mol. The Morgan fingerprint density at radius 3 is 2.55 bits per heavy atom. The molecule has 122 valence electrons. The van der Waals surface area contributed by atoms with Gasteiger partial charge in [-0.05, 0) is 38.8 Å². The standard InChI is InChI=1S/C16H27N5O/c1-20(13-6-4-2-3-5-7-13)16(22)15-12-21(19-18-15)14-8-10-17-11-9-14/h12-14,17H,2-11H2,1H3. The molecular weight excluding hydrogens is 278 g/mol. The first-order valence-corrected chi connectivity index (χ1v) is 8.65. The van der Waals surface area contributed by atoms with Crippen molar-refractivity contribution in [3.63, 3.8) is 0 Å². The first kappa shape index (κ1) is 15.5. The Morgan fingerprint density at radius 1 is 1.18 bits per heavy atom. The van der Waals surface area contributed by atoms with Crippen LogP contribution in [0.3, 0.4) is 0 Å². The zero-order valence-electron chi connectivity index (χ0n) is 13.5. The zero-order valence-corrected chi connectivity index (χ0v) is 13.5. The SMILES string of the molecule is CN(C(=O)c1cn(C2CCNCC2)nn1)C1CCCCCC1. The van der Waals surface area contributed by atoms with Crippen LogP contribution >= 0.6 is 0 Å². The molecule has 0 aromatic carbocycles. The molecule has 22 heavy (non-hydrogen) atoms. The van der Waals surface area contributed by atoms with Gasteiger partial charge >= 0.3 is 0 Å². The Balaban J connectivity index is 1.65. The number of nitrogens with zero attached hydrogens (tertiary/aromatic N) is 4. The van der Waals surface area contributed by atoms with Gasteiger partial charge in [0.1, 0.15) is 0 Å². The van der Waals surface area contributed by atoms with Gasteiger partial charge in [-0.2, -0.15) is 0 Å². The highest BCUT2D eigenvalue weighted by Crippen LogP contribution is 2.22. The van der Waals surface area contributed by atoms with Crippen molar-refractivity contribution in [3.8, 4) is 0 Å². The fraction of sp³-hybridized carbons (Fsp3) is 0.812. The number of aromatic nitrogens is 3. The number of carbonyl (C=O) groups is 1. The molecule has 6 heteroatoms. The van der Waals surface area contributed by atoms with Crippen LogP contribution in [-0.2, 0) is 0 Å². The second-order valence-corrected chi connectivity index (χ2v) is 6.63. The summed E-state index contributed by atoms with van der Waals surface area (Å²) in [5, 5.41) is 11.7. The van der Waals surface area contributed by atoms with Gasteiger partial charge in [0.2, 0.25) is 0 Å². The maximum absolute atomic E-state index is 12.7. The number of nitrogens with one attached hydrogen (secondary N) is 1. The number of hydrogen-bond donors (Lipinski definition) is 1. The zero-order chi connectivity index (χ0) is 15.4. The minimum Gasteiger partial charge on any atom is -0.337 e. The number of rotatable bonds is 3. The molecule has 6 nitrogen and oxygen atoms in total. The molecular formula is C16H27N5O. The summed E-state index contributed by atoms with van der Waals surface area (Å²) >= 11 is 0. The summed E-state index contributed by atoms with van der Waals surface area (Å²) in [5.74, 6) is 0.0204. The smallest absolute Gasteiger partial charge is 0.276 e. The molecule has 0 radical (unpaired) electrons. The molecule has 1 aliphatic heterocycles. The lowest BCUT2D eigenvalue weighted by Crippen LogP contribution is -2.37. The van der Waals surface area contributed by atoms with Gasteiger partial charge in [-0.15, -0.1) is 5.10 Å². The molecule has 1 amide bonds. The number of amides is 1. The van der Waals surface area contributed by atoms with Gasteiger partial charge in [0.05, 0.1) is 12.2 Å². The topological polar surface area (TPSA) is 63.1 Å². The van der Waals surface area contributed by atoms with Crippen LogP contribution in [-0.4, -0.2) is 52.0 Å². The number of piperidine rings is 1. The normalized spacial score (nSPS) is 21.5. The molecule has 1 aliphatic carbocycles. The Kier molecular flexibility index (Phi) is 5.08. The van der Waals surface area contributed by atoms with Gasteiger partial charge in [0.25, 0.3) is 5.91 Å². The van der Waals surface area contributed by atoms with Gasteiger partial charge in [-0.1, -0.05) is 30.9 Å². The summed E-state index contributed by atoms with van der Waals surface area (Å²) < 4.78 is 1.88. The summed E-state index contributed by atoms with van der Waals surface area (Å²) in [4.78, 5) is 14.5.